The van der Waals surface area contributed by atoms with Gasteiger partial charge in [0.1, 0.15) is 5.69 Å². The lowest BCUT2D eigenvalue weighted by Gasteiger charge is -1.96. The van der Waals surface area contributed by atoms with Gasteiger partial charge in [0.15, 0.2) is 0 Å². The number of aromatic amines is 1. The summed E-state index contributed by atoms with van der Waals surface area (Å²) < 4.78 is 0. The van der Waals surface area contributed by atoms with Crippen LogP contribution in [0.25, 0.3) is 10.9 Å². The minimum Gasteiger partial charge on any atom is -0.351 e. The van der Waals surface area contributed by atoms with Gasteiger partial charge in [0.05, 0.1) is 11.6 Å². The van der Waals surface area contributed by atoms with E-state index in [0.717, 1.165) is 10.9 Å². The van der Waals surface area contributed by atoms with Gasteiger partial charge in [0.2, 0.25) is 0 Å². The van der Waals surface area contributed by atoms with Crippen LogP contribution in [0.3, 0.4) is 0 Å². The second-order valence-electron chi connectivity index (χ2n) is 3.46. The largest absolute Gasteiger partial charge is 0.351 e. The first-order chi connectivity index (χ1) is 7.74. The minimum atomic E-state index is -0.128. The van der Waals surface area contributed by atoms with Crippen molar-refractivity contribution in [2.75, 3.05) is 6.54 Å². The average Bonchev–Trinajstić information content (AvgIpc) is 2.71. The molecular formula is C12H11N3O. The Morgan fingerprint density at radius 3 is 3.00 bits per heavy atom. The van der Waals surface area contributed by atoms with Crippen molar-refractivity contribution < 1.29 is 4.79 Å². The van der Waals surface area contributed by atoms with Gasteiger partial charge < -0.3 is 10.3 Å². The summed E-state index contributed by atoms with van der Waals surface area (Å²) in [6, 6.07) is 9.10. The molecule has 4 heteroatoms. The quantitative estimate of drug-likeness (QED) is 0.798. The van der Waals surface area contributed by atoms with Crippen molar-refractivity contribution in [3.63, 3.8) is 0 Å². The van der Waals surface area contributed by atoms with Crippen molar-refractivity contribution in [2.24, 2.45) is 0 Å². The monoisotopic (exact) mass is 213 g/mol. The van der Waals surface area contributed by atoms with Gasteiger partial charge in [-0.15, -0.1) is 0 Å². The molecule has 1 aromatic carbocycles. The molecule has 0 fully saturated rings. The number of amides is 1. The Kier molecular flexibility index (Phi) is 2.61. The molecule has 0 spiro atoms. The number of H-pyrrole nitrogens is 1. The summed E-state index contributed by atoms with van der Waals surface area (Å²) in [5.74, 6) is -0.128. The van der Waals surface area contributed by atoms with E-state index in [2.05, 4.69) is 16.4 Å². The highest BCUT2D eigenvalue weighted by molar-refractivity contribution is 5.98. The van der Waals surface area contributed by atoms with Gasteiger partial charge in [-0.05, 0) is 31.2 Å². The zero-order valence-electron chi connectivity index (χ0n) is 8.87. The maximum Gasteiger partial charge on any atom is 0.267 e. The Bertz CT molecular complexity index is 577. The number of nitrogens with one attached hydrogen (secondary N) is 2. The van der Waals surface area contributed by atoms with E-state index in [1.54, 1.807) is 24.3 Å². The van der Waals surface area contributed by atoms with Gasteiger partial charge in [-0.3, -0.25) is 4.79 Å². The third kappa shape index (κ3) is 1.75. The van der Waals surface area contributed by atoms with Crippen molar-refractivity contribution in [3.8, 4) is 6.07 Å². The van der Waals surface area contributed by atoms with E-state index in [1.807, 2.05) is 6.92 Å². The van der Waals surface area contributed by atoms with Crippen LogP contribution in [0.15, 0.2) is 24.3 Å². The number of carbonyl (C=O) groups is 1. The number of carbonyl (C=O) groups excluding carboxylic acids is 1. The minimum absolute atomic E-state index is 0.128. The van der Waals surface area contributed by atoms with Crippen molar-refractivity contribution >= 4 is 16.8 Å². The van der Waals surface area contributed by atoms with Gasteiger partial charge in [0.25, 0.3) is 5.91 Å². The third-order valence-electron chi connectivity index (χ3n) is 2.33. The lowest BCUT2D eigenvalue weighted by atomic mass is 10.2. The molecule has 0 radical (unpaired) electrons. The van der Waals surface area contributed by atoms with E-state index in [9.17, 15) is 4.79 Å². The second kappa shape index (κ2) is 4.07. The van der Waals surface area contributed by atoms with Crippen molar-refractivity contribution in [1.82, 2.24) is 10.3 Å². The summed E-state index contributed by atoms with van der Waals surface area (Å²) in [6.07, 6.45) is 0. The molecule has 0 saturated carbocycles. The smallest absolute Gasteiger partial charge is 0.267 e. The fraction of sp³-hybridized carbons (Fsp3) is 0.167. The van der Waals surface area contributed by atoms with Crippen LogP contribution in [-0.4, -0.2) is 17.4 Å². The van der Waals surface area contributed by atoms with Crippen LogP contribution in [0.2, 0.25) is 0 Å². The number of benzene rings is 1. The molecular weight excluding hydrogens is 202 g/mol. The number of fused-ring (bicyclic) bond motifs is 1. The molecule has 1 amide bonds. The van der Waals surface area contributed by atoms with E-state index in [4.69, 9.17) is 5.26 Å². The van der Waals surface area contributed by atoms with Crippen molar-refractivity contribution in [1.29, 1.82) is 5.26 Å². The first-order valence-electron chi connectivity index (χ1n) is 5.05. The lowest BCUT2D eigenvalue weighted by molar-refractivity contribution is 0.0951. The van der Waals surface area contributed by atoms with Crippen LogP contribution in [-0.2, 0) is 0 Å². The summed E-state index contributed by atoms with van der Waals surface area (Å²) in [7, 11) is 0. The Labute approximate surface area is 92.9 Å². The Morgan fingerprint density at radius 2 is 2.31 bits per heavy atom. The number of hydrogen-bond donors (Lipinski definition) is 2. The van der Waals surface area contributed by atoms with Crippen molar-refractivity contribution in [2.45, 2.75) is 6.92 Å². The normalized spacial score (nSPS) is 10.0. The molecule has 16 heavy (non-hydrogen) atoms. The standard InChI is InChI=1S/C12H11N3O/c1-2-14-12(16)11-6-9-5-8(7-13)3-4-10(9)15-11/h3-6,15H,2H2,1H3,(H,14,16). The van der Waals surface area contributed by atoms with Gasteiger partial charge in [-0.2, -0.15) is 5.26 Å². The van der Waals surface area contributed by atoms with Crippen LogP contribution < -0.4 is 5.32 Å². The topological polar surface area (TPSA) is 68.7 Å². The molecule has 0 aliphatic heterocycles. The highest BCUT2D eigenvalue weighted by Crippen LogP contribution is 2.16. The van der Waals surface area contributed by atoms with Crippen molar-refractivity contribution in [3.05, 3.63) is 35.5 Å². The molecule has 0 bridgehead atoms. The van der Waals surface area contributed by atoms with Gasteiger partial charge in [-0.1, -0.05) is 0 Å². The molecule has 80 valence electrons. The van der Waals surface area contributed by atoms with Crippen LogP contribution in [0.4, 0.5) is 0 Å². The number of hydrogen-bond acceptors (Lipinski definition) is 2. The summed E-state index contributed by atoms with van der Waals surface area (Å²) in [5, 5.41) is 12.3. The molecule has 0 saturated heterocycles. The third-order valence-corrected chi connectivity index (χ3v) is 2.33. The summed E-state index contributed by atoms with van der Waals surface area (Å²) in [6.45, 7) is 2.46. The maximum atomic E-state index is 11.6. The van der Waals surface area contributed by atoms with E-state index in [1.165, 1.54) is 0 Å². The SMILES string of the molecule is CCNC(=O)c1cc2cc(C#N)ccc2[nH]1. The highest BCUT2D eigenvalue weighted by atomic mass is 16.1. The van der Waals surface area contributed by atoms with Crippen LogP contribution in [0, 0.1) is 11.3 Å². The number of nitriles is 1. The molecule has 2 rings (SSSR count). The summed E-state index contributed by atoms with van der Waals surface area (Å²) >= 11 is 0. The van der Waals surface area contributed by atoms with E-state index in [-0.39, 0.29) is 5.91 Å². The average molecular weight is 213 g/mol. The first kappa shape index (κ1) is 10.2. The Balaban J connectivity index is 2.44. The summed E-state index contributed by atoms with van der Waals surface area (Å²) in [4.78, 5) is 14.6. The molecule has 0 aliphatic rings. The molecule has 0 atom stereocenters. The fourth-order valence-electron chi connectivity index (χ4n) is 1.58. The maximum absolute atomic E-state index is 11.6. The van der Waals surface area contributed by atoms with E-state index >= 15 is 0 Å². The fourth-order valence-corrected chi connectivity index (χ4v) is 1.58. The zero-order valence-corrected chi connectivity index (χ0v) is 8.87. The number of aromatic nitrogens is 1. The van der Waals surface area contributed by atoms with Gasteiger partial charge in [-0.25, -0.2) is 0 Å². The van der Waals surface area contributed by atoms with E-state index < -0.39 is 0 Å². The molecule has 0 unspecified atom stereocenters. The molecule has 1 aromatic heterocycles. The first-order valence-corrected chi connectivity index (χ1v) is 5.05. The van der Waals surface area contributed by atoms with Crippen LogP contribution in [0.5, 0.6) is 0 Å². The lowest BCUT2D eigenvalue weighted by Crippen LogP contribution is -2.22. The molecule has 0 aliphatic carbocycles. The Morgan fingerprint density at radius 1 is 1.50 bits per heavy atom. The highest BCUT2D eigenvalue weighted by Gasteiger charge is 2.08. The number of rotatable bonds is 2. The van der Waals surface area contributed by atoms with Crippen LogP contribution in [0.1, 0.15) is 23.0 Å². The molecule has 2 aromatic rings. The van der Waals surface area contributed by atoms with Crippen LogP contribution >= 0.6 is 0 Å². The van der Waals surface area contributed by atoms with Gasteiger partial charge >= 0.3 is 0 Å². The predicted molar refractivity (Wildman–Crippen MR) is 61.0 cm³/mol. The van der Waals surface area contributed by atoms with E-state index in [0.29, 0.717) is 17.8 Å². The molecule has 4 nitrogen and oxygen atoms in total. The number of nitrogens with zero attached hydrogens (tertiary/aromatic N) is 1. The zero-order chi connectivity index (χ0) is 11.5. The molecule has 1 heterocycles. The Hall–Kier alpha value is -2.28. The summed E-state index contributed by atoms with van der Waals surface area (Å²) in [5.41, 5.74) is 1.97. The predicted octanol–water partition coefficient (Wildman–Crippen LogP) is 1.79. The second-order valence-corrected chi connectivity index (χ2v) is 3.46. The van der Waals surface area contributed by atoms with Gasteiger partial charge in [0, 0.05) is 17.4 Å². The molecule has 2 N–H and O–H groups in total.